The minimum absolute atomic E-state index is 0.242. The van der Waals surface area contributed by atoms with Crippen LogP contribution in [0.4, 0.5) is 13.2 Å². The molecule has 0 fully saturated rings. The van der Waals surface area contributed by atoms with Gasteiger partial charge in [-0.25, -0.2) is 0 Å². The van der Waals surface area contributed by atoms with Gasteiger partial charge in [0.2, 0.25) is 0 Å². The van der Waals surface area contributed by atoms with Crippen molar-refractivity contribution in [2.24, 2.45) is 0 Å². The molecule has 0 aliphatic carbocycles. The number of hydrogen-bond donors (Lipinski definition) is 0. The Morgan fingerprint density at radius 3 is 2.68 bits per heavy atom. The first kappa shape index (κ1) is 14.7. The lowest BCUT2D eigenvalue weighted by molar-refractivity contribution is -0.145. The molecular weight excluding hydrogens is 271 g/mol. The Labute approximate surface area is 116 Å². The Kier molecular flexibility index (Phi) is 4.79. The van der Waals surface area contributed by atoms with Gasteiger partial charge in [0.25, 0.3) is 0 Å². The van der Waals surface area contributed by atoms with Crippen LogP contribution in [0.1, 0.15) is 18.9 Å². The maximum absolute atomic E-state index is 12.5. The van der Waals surface area contributed by atoms with Crippen LogP contribution in [-0.4, -0.2) is 36.0 Å². The molecule has 1 aromatic rings. The van der Waals surface area contributed by atoms with Crippen LogP contribution >= 0.6 is 11.8 Å². The minimum Gasteiger partial charge on any atom is -0.294 e. The molecule has 0 N–H and O–H groups in total. The van der Waals surface area contributed by atoms with Gasteiger partial charge in [-0.15, -0.1) is 11.8 Å². The average molecular weight is 289 g/mol. The van der Waals surface area contributed by atoms with Crippen molar-refractivity contribution >= 4 is 11.8 Å². The topological polar surface area (TPSA) is 3.24 Å². The molecule has 0 aromatic heterocycles. The number of thioether (sulfide) groups is 1. The lowest BCUT2D eigenvalue weighted by Gasteiger charge is -2.25. The lowest BCUT2D eigenvalue weighted by Crippen LogP contribution is -2.38. The number of rotatable bonds is 5. The summed E-state index contributed by atoms with van der Waals surface area (Å²) in [5.74, 6) is 0. The largest absolute Gasteiger partial charge is 0.401 e. The molecule has 1 aromatic carbocycles. The molecule has 0 spiro atoms. The molecule has 19 heavy (non-hydrogen) atoms. The molecule has 1 aliphatic rings. The number of nitrogens with zero attached hydrogens (tertiary/aromatic N) is 1. The second-order valence-electron chi connectivity index (χ2n) is 4.90. The molecular formula is C14H18F3NS. The molecule has 1 aliphatic heterocycles. The zero-order chi connectivity index (χ0) is 13.9. The Morgan fingerprint density at radius 1 is 1.32 bits per heavy atom. The summed E-state index contributed by atoms with van der Waals surface area (Å²) in [7, 11) is 0. The maximum Gasteiger partial charge on any atom is 0.401 e. The van der Waals surface area contributed by atoms with Crippen molar-refractivity contribution in [2.45, 2.75) is 36.1 Å². The monoisotopic (exact) mass is 289 g/mol. The summed E-state index contributed by atoms with van der Waals surface area (Å²) in [6, 6.07) is 8.08. The van der Waals surface area contributed by atoms with Gasteiger partial charge in [-0.2, -0.15) is 13.2 Å². The summed E-state index contributed by atoms with van der Waals surface area (Å²) >= 11 is 1.71. The zero-order valence-electron chi connectivity index (χ0n) is 10.9. The van der Waals surface area contributed by atoms with Gasteiger partial charge in [-0.3, -0.25) is 4.90 Å². The molecule has 0 saturated heterocycles. The number of fused-ring (bicyclic) bond motifs is 1. The smallest absolute Gasteiger partial charge is 0.294 e. The highest BCUT2D eigenvalue weighted by atomic mass is 32.2. The summed E-state index contributed by atoms with van der Waals surface area (Å²) in [6.07, 6.45) is -2.48. The fourth-order valence-electron chi connectivity index (χ4n) is 2.45. The van der Waals surface area contributed by atoms with Crippen LogP contribution in [0.2, 0.25) is 0 Å². The molecule has 0 amide bonds. The van der Waals surface area contributed by atoms with Gasteiger partial charge in [-0.05, 0) is 31.0 Å². The summed E-state index contributed by atoms with van der Waals surface area (Å²) in [6.45, 7) is 2.13. The summed E-state index contributed by atoms with van der Waals surface area (Å²) in [4.78, 5) is 2.75. The Morgan fingerprint density at radius 2 is 2.05 bits per heavy atom. The highest BCUT2D eigenvalue weighted by Crippen LogP contribution is 2.37. The fraction of sp³-hybridized carbons (Fsp3) is 0.571. The van der Waals surface area contributed by atoms with E-state index in [4.69, 9.17) is 0 Å². The van der Waals surface area contributed by atoms with E-state index in [1.165, 1.54) is 15.4 Å². The van der Waals surface area contributed by atoms with E-state index >= 15 is 0 Å². The maximum atomic E-state index is 12.5. The Balaban J connectivity index is 1.93. The van der Waals surface area contributed by atoms with Gasteiger partial charge in [-0.1, -0.05) is 25.1 Å². The van der Waals surface area contributed by atoms with E-state index in [1.54, 1.807) is 11.8 Å². The van der Waals surface area contributed by atoms with Crippen LogP contribution in [0.15, 0.2) is 29.2 Å². The molecule has 1 unspecified atom stereocenters. The van der Waals surface area contributed by atoms with Crippen LogP contribution < -0.4 is 0 Å². The molecule has 5 heteroatoms. The molecule has 0 radical (unpaired) electrons. The number of hydrogen-bond acceptors (Lipinski definition) is 2. The molecule has 2 rings (SSSR count). The Hall–Kier alpha value is -0.680. The minimum atomic E-state index is -4.11. The predicted molar refractivity (Wildman–Crippen MR) is 72.6 cm³/mol. The van der Waals surface area contributed by atoms with E-state index in [-0.39, 0.29) is 5.25 Å². The van der Waals surface area contributed by atoms with Crippen molar-refractivity contribution in [3.05, 3.63) is 29.8 Å². The van der Waals surface area contributed by atoms with Gasteiger partial charge in [0.15, 0.2) is 0 Å². The van der Waals surface area contributed by atoms with Crippen LogP contribution in [0.3, 0.4) is 0 Å². The van der Waals surface area contributed by atoms with E-state index in [0.29, 0.717) is 13.1 Å². The molecule has 0 bridgehead atoms. The van der Waals surface area contributed by atoms with Gasteiger partial charge < -0.3 is 0 Å². The first-order chi connectivity index (χ1) is 8.98. The first-order valence-electron chi connectivity index (χ1n) is 6.51. The third-order valence-electron chi connectivity index (χ3n) is 3.12. The van der Waals surface area contributed by atoms with E-state index in [9.17, 15) is 13.2 Å². The van der Waals surface area contributed by atoms with Crippen molar-refractivity contribution in [3.8, 4) is 0 Å². The third kappa shape index (κ3) is 4.42. The molecule has 1 heterocycles. The van der Waals surface area contributed by atoms with Crippen molar-refractivity contribution < 1.29 is 13.2 Å². The fourth-order valence-corrected chi connectivity index (χ4v) is 3.82. The van der Waals surface area contributed by atoms with Crippen LogP contribution in [0.25, 0.3) is 0 Å². The van der Waals surface area contributed by atoms with Crippen molar-refractivity contribution in [1.82, 2.24) is 4.90 Å². The van der Waals surface area contributed by atoms with E-state index in [1.807, 2.05) is 25.1 Å². The standard InChI is InChI=1S/C14H18F3NS/c1-2-7-18(10-14(15,16)17)9-12-8-11-5-3-4-6-13(11)19-12/h3-6,12H,2,7-10H2,1H3. The quantitative estimate of drug-likeness (QED) is 0.806. The number of benzene rings is 1. The summed E-state index contributed by atoms with van der Waals surface area (Å²) < 4.78 is 37.6. The van der Waals surface area contributed by atoms with E-state index < -0.39 is 12.7 Å². The summed E-state index contributed by atoms with van der Waals surface area (Å²) in [5.41, 5.74) is 1.26. The summed E-state index contributed by atoms with van der Waals surface area (Å²) in [5, 5.41) is 0.242. The van der Waals surface area contributed by atoms with Gasteiger partial charge in [0.1, 0.15) is 0 Å². The van der Waals surface area contributed by atoms with E-state index in [0.717, 1.165) is 12.8 Å². The zero-order valence-corrected chi connectivity index (χ0v) is 11.7. The van der Waals surface area contributed by atoms with Gasteiger partial charge in [0.05, 0.1) is 6.54 Å². The highest BCUT2D eigenvalue weighted by Gasteiger charge is 2.32. The molecule has 106 valence electrons. The van der Waals surface area contributed by atoms with Crippen molar-refractivity contribution in [2.75, 3.05) is 19.6 Å². The second-order valence-corrected chi connectivity index (χ2v) is 6.24. The van der Waals surface area contributed by atoms with Crippen LogP contribution in [0.5, 0.6) is 0 Å². The first-order valence-corrected chi connectivity index (χ1v) is 7.39. The SMILES string of the molecule is CCCN(CC1Cc2ccccc2S1)CC(F)(F)F. The van der Waals surface area contributed by atoms with Gasteiger partial charge in [0, 0.05) is 16.7 Å². The normalized spacial score (nSPS) is 18.9. The highest BCUT2D eigenvalue weighted by molar-refractivity contribution is 8.00. The molecule has 0 saturated carbocycles. The van der Waals surface area contributed by atoms with Crippen LogP contribution in [0, 0.1) is 0 Å². The van der Waals surface area contributed by atoms with Crippen molar-refractivity contribution in [3.63, 3.8) is 0 Å². The van der Waals surface area contributed by atoms with Crippen LogP contribution in [-0.2, 0) is 6.42 Å². The predicted octanol–water partition coefficient (Wildman–Crippen LogP) is 3.98. The third-order valence-corrected chi connectivity index (χ3v) is 4.42. The Bertz CT molecular complexity index is 394. The average Bonchev–Trinajstić information content (AvgIpc) is 2.69. The second kappa shape index (κ2) is 6.18. The molecule has 1 atom stereocenters. The number of alkyl halides is 3. The number of halogens is 3. The van der Waals surface area contributed by atoms with Gasteiger partial charge >= 0.3 is 6.18 Å². The van der Waals surface area contributed by atoms with E-state index in [2.05, 4.69) is 6.07 Å². The molecule has 1 nitrogen and oxygen atoms in total. The lowest BCUT2D eigenvalue weighted by atomic mass is 10.1. The van der Waals surface area contributed by atoms with Crippen molar-refractivity contribution in [1.29, 1.82) is 0 Å².